The molecule has 0 spiro atoms. The van der Waals surface area contributed by atoms with Crippen molar-refractivity contribution in [1.29, 1.82) is 0 Å². The maximum atomic E-state index is 12.6. The molecule has 0 N–H and O–H groups in total. The fourth-order valence-corrected chi connectivity index (χ4v) is 3.78. The maximum absolute atomic E-state index is 12.6. The minimum atomic E-state index is 0.145. The van der Waals surface area contributed by atoms with Crippen molar-refractivity contribution in [2.45, 2.75) is 45.7 Å². The van der Waals surface area contributed by atoms with Crippen molar-refractivity contribution in [2.24, 2.45) is 0 Å². The van der Waals surface area contributed by atoms with Gasteiger partial charge in [-0.1, -0.05) is 19.0 Å². The predicted molar refractivity (Wildman–Crippen MR) is 93.2 cm³/mol. The maximum Gasteiger partial charge on any atom is 0.255 e. The summed E-state index contributed by atoms with van der Waals surface area (Å²) in [5, 5.41) is 8.02. The number of thiophene rings is 1. The van der Waals surface area contributed by atoms with Crippen LogP contribution in [-0.2, 0) is 6.54 Å². The van der Waals surface area contributed by atoms with Crippen LogP contribution < -0.4 is 0 Å². The average Bonchev–Trinajstić information content (AvgIpc) is 3.26. The summed E-state index contributed by atoms with van der Waals surface area (Å²) in [4.78, 5) is 21.2. The van der Waals surface area contributed by atoms with E-state index in [1.54, 1.807) is 11.3 Å². The summed E-state index contributed by atoms with van der Waals surface area (Å²) in [5.74, 6) is 1.77. The molecule has 24 heavy (non-hydrogen) atoms. The first-order valence-corrected chi connectivity index (χ1v) is 9.24. The Kier molecular flexibility index (Phi) is 5.01. The molecule has 0 aliphatic carbocycles. The lowest BCUT2D eigenvalue weighted by atomic mass is 10.2. The summed E-state index contributed by atoms with van der Waals surface area (Å²) >= 11 is 1.58. The summed E-state index contributed by atoms with van der Waals surface area (Å²) < 4.78 is 5.26. The molecule has 1 fully saturated rings. The molecule has 3 rings (SSSR count). The molecule has 1 saturated heterocycles. The van der Waals surface area contributed by atoms with Crippen molar-refractivity contribution in [3.63, 3.8) is 0 Å². The van der Waals surface area contributed by atoms with Crippen LogP contribution in [0.1, 0.15) is 53.8 Å². The van der Waals surface area contributed by atoms with Crippen LogP contribution in [0.5, 0.6) is 0 Å². The van der Waals surface area contributed by atoms with Crippen LogP contribution in [0.3, 0.4) is 0 Å². The average molecular weight is 348 g/mol. The van der Waals surface area contributed by atoms with Gasteiger partial charge < -0.3 is 9.42 Å². The highest BCUT2D eigenvalue weighted by atomic mass is 32.1. The van der Waals surface area contributed by atoms with Crippen LogP contribution in [0.25, 0.3) is 0 Å². The Balaban J connectivity index is 1.58. The zero-order chi connectivity index (χ0) is 17.3. The van der Waals surface area contributed by atoms with E-state index in [4.69, 9.17) is 4.52 Å². The summed E-state index contributed by atoms with van der Waals surface area (Å²) in [7, 11) is 2.06. The molecule has 0 aromatic carbocycles. The lowest BCUT2D eigenvalue weighted by molar-refractivity contribution is 0.0779. The Morgan fingerprint density at radius 3 is 2.92 bits per heavy atom. The zero-order valence-electron chi connectivity index (χ0n) is 14.7. The van der Waals surface area contributed by atoms with Gasteiger partial charge in [0, 0.05) is 30.4 Å². The largest absolute Gasteiger partial charge is 0.339 e. The number of aryl methyl sites for hydroxylation is 1. The first-order valence-electron chi connectivity index (χ1n) is 8.30. The van der Waals surface area contributed by atoms with E-state index in [0.717, 1.165) is 30.6 Å². The standard InChI is InChI=1S/C17H24N4O2S/c1-11(2)16-18-15(19-23-16)8-20(4)13-5-6-21(7-13)17(22)14-10-24-9-12(14)3/h9-11,13H,5-8H2,1-4H3/t13-/m1/s1. The van der Waals surface area contributed by atoms with Gasteiger partial charge in [-0.25, -0.2) is 0 Å². The van der Waals surface area contributed by atoms with E-state index in [1.165, 1.54) is 0 Å². The van der Waals surface area contributed by atoms with Crippen LogP contribution in [0, 0.1) is 6.92 Å². The van der Waals surface area contributed by atoms with Crippen molar-refractivity contribution in [2.75, 3.05) is 20.1 Å². The molecule has 0 unspecified atom stereocenters. The molecule has 0 bridgehead atoms. The van der Waals surface area contributed by atoms with Gasteiger partial charge in [0.15, 0.2) is 5.82 Å². The fourth-order valence-electron chi connectivity index (χ4n) is 2.95. The van der Waals surface area contributed by atoms with Gasteiger partial charge in [-0.3, -0.25) is 9.69 Å². The summed E-state index contributed by atoms with van der Waals surface area (Å²) in [6.45, 7) is 8.25. The van der Waals surface area contributed by atoms with E-state index in [1.807, 2.05) is 36.4 Å². The Labute approximate surface area is 146 Å². The molecular weight excluding hydrogens is 324 g/mol. The Bertz CT molecular complexity index is 709. The Morgan fingerprint density at radius 1 is 1.50 bits per heavy atom. The second kappa shape index (κ2) is 7.03. The van der Waals surface area contributed by atoms with Crippen molar-refractivity contribution in [1.82, 2.24) is 19.9 Å². The highest BCUT2D eigenvalue weighted by molar-refractivity contribution is 7.08. The third-order valence-electron chi connectivity index (χ3n) is 4.53. The molecule has 1 atom stereocenters. The topological polar surface area (TPSA) is 62.5 Å². The van der Waals surface area contributed by atoms with Crippen molar-refractivity contribution >= 4 is 17.2 Å². The highest BCUT2D eigenvalue weighted by Crippen LogP contribution is 2.22. The molecule has 3 heterocycles. The Morgan fingerprint density at radius 2 is 2.29 bits per heavy atom. The van der Waals surface area contributed by atoms with E-state index >= 15 is 0 Å². The number of rotatable bonds is 5. The van der Waals surface area contributed by atoms with Crippen LogP contribution in [0.2, 0.25) is 0 Å². The number of hydrogen-bond donors (Lipinski definition) is 0. The lowest BCUT2D eigenvalue weighted by Crippen LogP contribution is -2.36. The lowest BCUT2D eigenvalue weighted by Gasteiger charge is -2.23. The number of carbonyl (C=O) groups excluding carboxylic acids is 1. The molecule has 0 saturated carbocycles. The number of aromatic nitrogens is 2. The molecular formula is C17H24N4O2S. The quantitative estimate of drug-likeness (QED) is 0.831. The summed E-state index contributed by atoms with van der Waals surface area (Å²) in [6, 6.07) is 0.328. The van der Waals surface area contributed by atoms with E-state index in [9.17, 15) is 4.79 Å². The minimum absolute atomic E-state index is 0.145. The zero-order valence-corrected chi connectivity index (χ0v) is 15.5. The SMILES string of the molecule is Cc1cscc1C(=O)N1CC[C@@H](N(C)Cc2noc(C(C)C)n2)C1. The van der Waals surface area contributed by atoms with E-state index in [0.29, 0.717) is 24.3 Å². The van der Waals surface area contributed by atoms with Gasteiger partial charge in [0.25, 0.3) is 5.91 Å². The van der Waals surface area contributed by atoms with Gasteiger partial charge >= 0.3 is 0 Å². The number of amides is 1. The smallest absolute Gasteiger partial charge is 0.255 e. The molecule has 130 valence electrons. The number of hydrogen-bond acceptors (Lipinski definition) is 6. The Hall–Kier alpha value is -1.73. The molecule has 7 heteroatoms. The van der Waals surface area contributed by atoms with Gasteiger partial charge in [-0.05, 0) is 31.3 Å². The van der Waals surface area contributed by atoms with Crippen molar-refractivity contribution in [3.05, 3.63) is 33.6 Å². The number of likely N-dealkylation sites (tertiary alicyclic amines) is 1. The minimum Gasteiger partial charge on any atom is -0.339 e. The summed E-state index contributed by atoms with van der Waals surface area (Å²) in [6.07, 6.45) is 0.973. The molecule has 2 aromatic heterocycles. The van der Waals surface area contributed by atoms with Crippen molar-refractivity contribution < 1.29 is 9.32 Å². The monoisotopic (exact) mass is 348 g/mol. The first-order chi connectivity index (χ1) is 11.5. The van der Waals surface area contributed by atoms with Gasteiger partial charge in [0.2, 0.25) is 5.89 Å². The normalized spacial score (nSPS) is 18.1. The van der Waals surface area contributed by atoms with Crippen LogP contribution in [0.4, 0.5) is 0 Å². The van der Waals surface area contributed by atoms with Crippen molar-refractivity contribution in [3.8, 4) is 0 Å². The molecule has 2 aromatic rings. The van der Waals surface area contributed by atoms with Gasteiger partial charge in [-0.2, -0.15) is 16.3 Å². The predicted octanol–water partition coefficient (Wildman–Crippen LogP) is 2.91. The first kappa shape index (κ1) is 17.1. The second-order valence-corrected chi connectivity index (χ2v) is 7.52. The third kappa shape index (κ3) is 3.52. The van der Waals surface area contributed by atoms with Gasteiger partial charge in [0.05, 0.1) is 12.1 Å². The summed E-state index contributed by atoms with van der Waals surface area (Å²) in [5.41, 5.74) is 1.90. The van der Waals surface area contributed by atoms with E-state index < -0.39 is 0 Å². The molecule has 1 aliphatic rings. The number of likely N-dealkylation sites (N-methyl/N-ethyl adjacent to an activating group) is 1. The second-order valence-electron chi connectivity index (χ2n) is 6.78. The highest BCUT2D eigenvalue weighted by Gasteiger charge is 2.30. The van der Waals surface area contributed by atoms with E-state index in [2.05, 4.69) is 22.1 Å². The molecule has 1 amide bonds. The van der Waals surface area contributed by atoms with Gasteiger partial charge in [-0.15, -0.1) is 0 Å². The molecule has 0 radical (unpaired) electrons. The van der Waals surface area contributed by atoms with Gasteiger partial charge in [0.1, 0.15) is 0 Å². The van der Waals surface area contributed by atoms with E-state index in [-0.39, 0.29) is 11.8 Å². The molecule has 1 aliphatic heterocycles. The molecule has 6 nitrogen and oxygen atoms in total. The number of nitrogens with zero attached hydrogens (tertiary/aromatic N) is 4. The van der Waals surface area contributed by atoms with Crippen LogP contribution >= 0.6 is 11.3 Å². The van der Waals surface area contributed by atoms with Crippen LogP contribution in [-0.4, -0.2) is 52.0 Å². The third-order valence-corrected chi connectivity index (χ3v) is 5.39. The fraction of sp³-hybridized carbons (Fsp3) is 0.588. The number of carbonyl (C=O) groups is 1. The van der Waals surface area contributed by atoms with Crippen LogP contribution in [0.15, 0.2) is 15.3 Å².